The van der Waals surface area contributed by atoms with E-state index in [0.29, 0.717) is 13.0 Å². The third kappa shape index (κ3) is 5.71. The van der Waals surface area contributed by atoms with Crippen LogP contribution in [-0.2, 0) is 11.3 Å². The van der Waals surface area contributed by atoms with Gasteiger partial charge in [0.15, 0.2) is 0 Å². The number of rotatable bonds is 5. The van der Waals surface area contributed by atoms with Crippen LogP contribution in [-0.4, -0.2) is 26.7 Å². The molecule has 1 heterocycles. The zero-order chi connectivity index (χ0) is 13.7. The lowest BCUT2D eigenvalue weighted by atomic mass is 10.2. The smallest absolute Gasteiger partial charge is 0.241 e. The third-order valence-electron chi connectivity index (χ3n) is 2.81. The van der Waals surface area contributed by atoms with Gasteiger partial charge in [-0.3, -0.25) is 4.79 Å². The van der Waals surface area contributed by atoms with E-state index in [1.807, 2.05) is 31.2 Å². The predicted molar refractivity (Wildman–Crippen MR) is 87.0 cm³/mol. The van der Waals surface area contributed by atoms with Crippen LogP contribution in [0.4, 0.5) is 5.69 Å². The standard InChI is InChI=1S/C13H17N5O.2ClH/c1-2-12(14)13(19)17-11-5-3-10(4-6-11)7-18-9-15-8-16-18;;/h3-6,8-9,12H,2,7,14H2,1H3,(H,17,19);2*1H/t12-;;/m0../s1. The Balaban J connectivity index is 0.00000200. The van der Waals surface area contributed by atoms with Gasteiger partial charge in [-0.15, -0.1) is 24.8 Å². The maximum Gasteiger partial charge on any atom is 0.241 e. The van der Waals surface area contributed by atoms with Gasteiger partial charge in [0.25, 0.3) is 0 Å². The Kier molecular flexibility index (Phi) is 8.61. The van der Waals surface area contributed by atoms with E-state index in [-0.39, 0.29) is 30.7 Å². The number of hydrogen-bond acceptors (Lipinski definition) is 4. The molecular formula is C13H19Cl2N5O. The number of benzene rings is 1. The lowest BCUT2D eigenvalue weighted by Crippen LogP contribution is -2.34. The number of carbonyl (C=O) groups is 1. The average Bonchev–Trinajstić information content (AvgIpc) is 2.93. The van der Waals surface area contributed by atoms with Gasteiger partial charge >= 0.3 is 0 Å². The second-order valence-corrected chi connectivity index (χ2v) is 4.29. The number of carbonyl (C=O) groups excluding carboxylic acids is 1. The molecule has 21 heavy (non-hydrogen) atoms. The Morgan fingerprint density at radius 2 is 2.00 bits per heavy atom. The van der Waals surface area contributed by atoms with Gasteiger partial charge in [0, 0.05) is 5.69 Å². The summed E-state index contributed by atoms with van der Waals surface area (Å²) in [5.74, 6) is -0.161. The lowest BCUT2D eigenvalue weighted by molar-refractivity contribution is -0.117. The van der Waals surface area contributed by atoms with Crippen LogP contribution in [0.3, 0.4) is 0 Å². The monoisotopic (exact) mass is 331 g/mol. The maximum absolute atomic E-state index is 11.6. The van der Waals surface area contributed by atoms with E-state index in [2.05, 4.69) is 15.4 Å². The van der Waals surface area contributed by atoms with Gasteiger partial charge in [0.2, 0.25) is 5.91 Å². The Morgan fingerprint density at radius 3 is 2.52 bits per heavy atom. The predicted octanol–water partition coefficient (Wildman–Crippen LogP) is 1.85. The van der Waals surface area contributed by atoms with Crippen LogP contribution in [0.25, 0.3) is 0 Å². The van der Waals surface area contributed by atoms with Gasteiger partial charge in [-0.2, -0.15) is 5.10 Å². The molecule has 116 valence electrons. The first kappa shape index (κ1) is 19.4. The largest absolute Gasteiger partial charge is 0.325 e. The molecule has 0 aliphatic rings. The van der Waals surface area contributed by atoms with Crippen molar-refractivity contribution in [3.05, 3.63) is 42.5 Å². The quantitative estimate of drug-likeness (QED) is 0.875. The summed E-state index contributed by atoms with van der Waals surface area (Å²) in [6.45, 7) is 2.54. The number of anilines is 1. The first-order valence-electron chi connectivity index (χ1n) is 6.17. The molecule has 0 unspecified atom stereocenters. The number of nitrogens with zero attached hydrogens (tertiary/aromatic N) is 3. The van der Waals surface area contributed by atoms with Gasteiger partial charge < -0.3 is 11.1 Å². The molecule has 0 radical (unpaired) electrons. The van der Waals surface area contributed by atoms with Crippen molar-refractivity contribution < 1.29 is 4.79 Å². The zero-order valence-corrected chi connectivity index (χ0v) is 13.2. The molecule has 2 aromatic rings. The molecule has 1 atom stereocenters. The molecule has 1 amide bonds. The number of hydrogen-bond donors (Lipinski definition) is 2. The van der Waals surface area contributed by atoms with Gasteiger partial charge in [-0.25, -0.2) is 9.67 Å². The van der Waals surface area contributed by atoms with Crippen molar-refractivity contribution in [2.45, 2.75) is 25.9 Å². The zero-order valence-electron chi connectivity index (χ0n) is 11.6. The van der Waals surface area contributed by atoms with Gasteiger partial charge in [0.1, 0.15) is 12.7 Å². The third-order valence-corrected chi connectivity index (χ3v) is 2.81. The Bertz CT molecular complexity index is 530. The van der Waals surface area contributed by atoms with Crippen molar-refractivity contribution in [1.82, 2.24) is 14.8 Å². The van der Waals surface area contributed by atoms with Crippen LogP contribution in [0.1, 0.15) is 18.9 Å². The molecule has 0 saturated carbocycles. The van der Waals surface area contributed by atoms with E-state index < -0.39 is 6.04 Å². The van der Waals surface area contributed by atoms with Crippen LogP contribution in [0.2, 0.25) is 0 Å². The Hall–Kier alpha value is -1.63. The van der Waals surface area contributed by atoms with E-state index in [1.54, 1.807) is 11.0 Å². The summed E-state index contributed by atoms with van der Waals surface area (Å²) in [6.07, 6.45) is 3.78. The Labute approximate surface area is 135 Å². The van der Waals surface area contributed by atoms with Gasteiger partial charge in [0.05, 0.1) is 12.6 Å². The summed E-state index contributed by atoms with van der Waals surface area (Å²) in [5, 5.41) is 6.82. The minimum atomic E-state index is -0.463. The van der Waals surface area contributed by atoms with Crippen LogP contribution >= 0.6 is 24.8 Å². The van der Waals surface area contributed by atoms with Gasteiger partial charge in [-0.1, -0.05) is 19.1 Å². The summed E-state index contributed by atoms with van der Waals surface area (Å²) >= 11 is 0. The molecule has 0 saturated heterocycles. The highest BCUT2D eigenvalue weighted by molar-refractivity contribution is 5.94. The molecule has 0 fully saturated rings. The number of aromatic nitrogens is 3. The molecule has 8 heteroatoms. The van der Waals surface area contributed by atoms with Crippen LogP contribution < -0.4 is 11.1 Å². The van der Waals surface area contributed by atoms with E-state index in [4.69, 9.17) is 5.73 Å². The number of halogens is 2. The summed E-state index contributed by atoms with van der Waals surface area (Å²) in [5.41, 5.74) is 7.49. The highest BCUT2D eigenvalue weighted by Gasteiger charge is 2.10. The average molecular weight is 332 g/mol. The number of nitrogens with two attached hydrogens (primary N) is 1. The fourth-order valence-corrected chi connectivity index (χ4v) is 1.62. The molecule has 0 spiro atoms. The van der Waals surface area contributed by atoms with E-state index in [9.17, 15) is 4.79 Å². The SMILES string of the molecule is CC[C@H](N)C(=O)Nc1ccc(Cn2cncn2)cc1.Cl.Cl. The summed E-state index contributed by atoms with van der Waals surface area (Å²) in [6, 6.07) is 7.12. The summed E-state index contributed by atoms with van der Waals surface area (Å²) in [4.78, 5) is 15.5. The van der Waals surface area contributed by atoms with Crippen molar-refractivity contribution in [2.24, 2.45) is 5.73 Å². The van der Waals surface area contributed by atoms with Crippen molar-refractivity contribution >= 4 is 36.4 Å². The molecule has 2 rings (SSSR count). The topological polar surface area (TPSA) is 85.8 Å². The fraction of sp³-hybridized carbons (Fsp3) is 0.308. The Morgan fingerprint density at radius 1 is 1.33 bits per heavy atom. The molecule has 0 bridgehead atoms. The molecule has 0 aliphatic heterocycles. The van der Waals surface area contributed by atoms with Crippen LogP contribution in [0.15, 0.2) is 36.9 Å². The van der Waals surface area contributed by atoms with Crippen molar-refractivity contribution in [3.8, 4) is 0 Å². The molecule has 1 aromatic heterocycles. The van der Waals surface area contributed by atoms with Crippen LogP contribution in [0, 0.1) is 0 Å². The van der Waals surface area contributed by atoms with Crippen molar-refractivity contribution in [2.75, 3.05) is 5.32 Å². The van der Waals surface area contributed by atoms with Gasteiger partial charge in [-0.05, 0) is 24.1 Å². The summed E-state index contributed by atoms with van der Waals surface area (Å²) < 4.78 is 1.74. The number of nitrogens with one attached hydrogen (secondary N) is 1. The first-order valence-corrected chi connectivity index (χ1v) is 6.17. The highest BCUT2D eigenvalue weighted by atomic mass is 35.5. The van der Waals surface area contributed by atoms with Crippen molar-refractivity contribution in [3.63, 3.8) is 0 Å². The second kappa shape index (κ2) is 9.33. The van der Waals surface area contributed by atoms with Crippen molar-refractivity contribution in [1.29, 1.82) is 0 Å². The minimum absolute atomic E-state index is 0. The van der Waals surface area contributed by atoms with E-state index in [1.165, 1.54) is 6.33 Å². The minimum Gasteiger partial charge on any atom is -0.325 e. The second-order valence-electron chi connectivity index (χ2n) is 4.29. The maximum atomic E-state index is 11.6. The molecule has 6 nitrogen and oxygen atoms in total. The highest BCUT2D eigenvalue weighted by Crippen LogP contribution is 2.10. The van der Waals surface area contributed by atoms with E-state index in [0.717, 1.165) is 11.3 Å². The normalized spacial score (nSPS) is 11.0. The molecule has 3 N–H and O–H groups in total. The molecular weight excluding hydrogens is 313 g/mol. The lowest BCUT2D eigenvalue weighted by Gasteiger charge is -2.10. The summed E-state index contributed by atoms with van der Waals surface area (Å²) in [7, 11) is 0. The first-order chi connectivity index (χ1) is 9.19. The number of amides is 1. The molecule has 1 aromatic carbocycles. The van der Waals surface area contributed by atoms with E-state index >= 15 is 0 Å². The fourth-order valence-electron chi connectivity index (χ4n) is 1.62. The van der Waals surface area contributed by atoms with Crippen LogP contribution in [0.5, 0.6) is 0 Å². The molecule has 0 aliphatic carbocycles.